The molecule has 0 aliphatic carbocycles. The van der Waals surface area contributed by atoms with Crippen molar-refractivity contribution in [1.29, 1.82) is 0 Å². The third-order valence-corrected chi connectivity index (χ3v) is 3.42. The van der Waals surface area contributed by atoms with Crippen LogP contribution in [0.2, 0.25) is 0 Å². The Hall–Kier alpha value is -1.23. The largest absolute Gasteiger partial charge is 0.332 e. The minimum atomic E-state index is -0.0609. The highest BCUT2D eigenvalue weighted by molar-refractivity contribution is 5.78. The molecule has 0 saturated heterocycles. The van der Waals surface area contributed by atoms with E-state index in [1.54, 1.807) is 4.90 Å². The predicted octanol–water partition coefficient (Wildman–Crippen LogP) is 1.50. The molecule has 0 bridgehead atoms. The average Bonchev–Trinajstić information content (AvgIpc) is 2.44. The van der Waals surface area contributed by atoms with E-state index in [1.807, 2.05) is 18.7 Å². The molecule has 0 aromatic rings. The number of unbranched alkanes of at least 4 members (excludes halogenated alkanes) is 2. The van der Waals surface area contributed by atoms with Crippen molar-refractivity contribution in [3.05, 3.63) is 0 Å². The van der Waals surface area contributed by atoms with Crippen molar-refractivity contribution in [2.24, 2.45) is 0 Å². The summed E-state index contributed by atoms with van der Waals surface area (Å²) >= 11 is 0. The normalized spacial score (nSPS) is 12.2. The summed E-state index contributed by atoms with van der Waals surface area (Å²) in [5.41, 5.74) is 0. The van der Waals surface area contributed by atoms with Gasteiger partial charge in [0.1, 0.15) is 12.6 Å². The number of carbonyl (C=O) groups excluding carboxylic acids is 3. The minimum absolute atomic E-state index is 0.0280. The molecule has 0 rings (SSSR count). The highest BCUT2D eigenvalue weighted by atomic mass is 16.2. The van der Waals surface area contributed by atoms with Gasteiger partial charge in [0.2, 0.25) is 5.91 Å². The molecule has 5 nitrogen and oxygen atoms in total. The summed E-state index contributed by atoms with van der Waals surface area (Å²) in [7, 11) is 0. The van der Waals surface area contributed by atoms with E-state index in [2.05, 4.69) is 6.92 Å². The van der Waals surface area contributed by atoms with Gasteiger partial charge in [0.05, 0.1) is 13.1 Å². The first-order valence-electron chi connectivity index (χ1n) is 7.49. The first kappa shape index (κ1) is 18.8. The smallest absolute Gasteiger partial charge is 0.223 e. The lowest BCUT2D eigenvalue weighted by atomic mass is 10.1. The first-order valence-corrected chi connectivity index (χ1v) is 7.49. The molecule has 0 aliphatic rings. The summed E-state index contributed by atoms with van der Waals surface area (Å²) in [4.78, 5) is 37.1. The average molecular weight is 284 g/mol. The second-order valence-electron chi connectivity index (χ2n) is 5.04. The standard InChI is InChI=1S/C15H28N2O3/c1-4-6-7-8-15(20)17(10-12-19)14(3)13-16(5-2)9-11-18/h11-12,14H,4-10,13H2,1-3H3. The number of hydrogen-bond donors (Lipinski definition) is 0. The Bertz CT molecular complexity index is 295. The summed E-state index contributed by atoms with van der Waals surface area (Å²) in [5.74, 6) is 0.0280. The molecule has 0 aromatic heterocycles. The van der Waals surface area contributed by atoms with Crippen LogP contribution in [0.25, 0.3) is 0 Å². The van der Waals surface area contributed by atoms with Crippen molar-refractivity contribution in [3.8, 4) is 0 Å². The summed E-state index contributed by atoms with van der Waals surface area (Å²) in [6, 6.07) is -0.0609. The van der Waals surface area contributed by atoms with Gasteiger partial charge in [-0.3, -0.25) is 9.69 Å². The number of carbonyl (C=O) groups is 3. The molecule has 0 saturated carbocycles. The second kappa shape index (κ2) is 11.6. The molecule has 0 aliphatic heterocycles. The summed E-state index contributed by atoms with van der Waals surface area (Å²) in [5, 5.41) is 0. The highest BCUT2D eigenvalue weighted by Gasteiger charge is 2.20. The van der Waals surface area contributed by atoms with Gasteiger partial charge in [0.15, 0.2) is 0 Å². The van der Waals surface area contributed by atoms with E-state index in [9.17, 15) is 14.4 Å². The third-order valence-electron chi connectivity index (χ3n) is 3.42. The summed E-state index contributed by atoms with van der Waals surface area (Å²) in [6.45, 7) is 7.85. The van der Waals surface area contributed by atoms with E-state index in [-0.39, 0.29) is 18.5 Å². The number of aldehydes is 2. The monoisotopic (exact) mass is 284 g/mol. The number of hydrogen-bond acceptors (Lipinski definition) is 4. The van der Waals surface area contributed by atoms with Gasteiger partial charge in [-0.05, 0) is 19.9 Å². The molecular weight excluding hydrogens is 256 g/mol. The van der Waals surface area contributed by atoms with Crippen LogP contribution in [0.4, 0.5) is 0 Å². The summed E-state index contributed by atoms with van der Waals surface area (Å²) < 4.78 is 0. The van der Waals surface area contributed by atoms with Crippen LogP contribution in [0.1, 0.15) is 46.5 Å². The van der Waals surface area contributed by atoms with Gasteiger partial charge in [-0.25, -0.2) is 0 Å². The van der Waals surface area contributed by atoms with Crippen LogP contribution in [0.3, 0.4) is 0 Å². The molecule has 1 atom stereocenters. The lowest BCUT2D eigenvalue weighted by Crippen LogP contribution is -2.46. The molecule has 116 valence electrons. The Morgan fingerprint density at radius 3 is 2.25 bits per heavy atom. The van der Waals surface area contributed by atoms with Gasteiger partial charge in [-0.2, -0.15) is 0 Å². The van der Waals surface area contributed by atoms with Gasteiger partial charge in [0.25, 0.3) is 0 Å². The van der Waals surface area contributed by atoms with E-state index < -0.39 is 0 Å². The number of nitrogens with zero attached hydrogens (tertiary/aromatic N) is 2. The van der Waals surface area contributed by atoms with E-state index in [0.717, 1.165) is 38.4 Å². The van der Waals surface area contributed by atoms with Crippen molar-refractivity contribution >= 4 is 18.5 Å². The van der Waals surface area contributed by atoms with Crippen LogP contribution >= 0.6 is 0 Å². The quantitative estimate of drug-likeness (QED) is 0.402. The Kier molecular flexibility index (Phi) is 10.9. The number of likely N-dealkylation sites (N-methyl/N-ethyl adjacent to an activating group) is 1. The van der Waals surface area contributed by atoms with E-state index in [1.165, 1.54) is 0 Å². The van der Waals surface area contributed by atoms with E-state index >= 15 is 0 Å². The lowest BCUT2D eigenvalue weighted by Gasteiger charge is -2.31. The molecular formula is C15H28N2O3. The van der Waals surface area contributed by atoms with Crippen LogP contribution in [0.5, 0.6) is 0 Å². The number of amides is 1. The zero-order chi connectivity index (χ0) is 15.4. The summed E-state index contributed by atoms with van der Waals surface area (Å²) in [6.07, 6.45) is 5.09. The first-order chi connectivity index (χ1) is 9.60. The highest BCUT2D eigenvalue weighted by Crippen LogP contribution is 2.08. The lowest BCUT2D eigenvalue weighted by molar-refractivity contribution is -0.135. The molecule has 20 heavy (non-hydrogen) atoms. The van der Waals surface area contributed by atoms with Gasteiger partial charge in [-0.15, -0.1) is 0 Å². The van der Waals surface area contributed by atoms with Gasteiger partial charge in [-0.1, -0.05) is 26.7 Å². The second-order valence-corrected chi connectivity index (χ2v) is 5.04. The van der Waals surface area contributed by atoms with Crippen molar-refractivity contribution in [3.63, 3.8) is 0 Å². The van der Waals surface area contributed by atoms with Crippen LogP contribution < -0.4 is 0 Å². The Balaban J connectivity index is 4.50. The van der Waals surface area contributed by atoms with Crippen molar-refractivity contribution in [2.45, 2.75) is 52.5 Å². The van der Waals surface area contributed by atoms with E-state index in [0.29, 0.717) is 19.5 Å². The molecule has 0 spiro atoms. The Labute approximate surface area is 122 Å². The Morgan fingerprint density at radius 2 is 1.75 bits per heavy atom. The molecule has 0 fully saturated rings. The Morgan fingerprint density at radius 1 is 1.10 bits per heavy atom. The molecule has 1 amide bonds. The fraction of sp³-hybridized carbons (Fsp3) is 0.800. The van der Waals surface area contributed by atoms with E-state index in [4.69, 9.17) is 0 Å². The third kappa shape index (κ3) is 7.38. The minimum Gasteiger partial charge on any atom is -0.332 e. The SMILES string of the molecule is CCCCCC(=O)N(CC=O)C(C)CN(CC)CC=O. The van der Waals surface area contributed by atoms with Gasteiger partial charge < -0.3 is 14.5 Å². The number of rotatable bonds is 12. The maximum Gasteiger partial charge on any atom is 0.223 e. The van der Waals surface area contributed by atoms with Crippen molar-refractivity contribution < 1.29 is 14.4 Å². The zero-order valence-corrected chi connectivity index (χ0v) is 13.0. The fourth-order valence-electron chi connectivity index (χ4n) is 2.19. The van der Waals surface area contributed by atoms with Crippen LogP contribution in [-0.2, 0) is 14.4 Å². The van der Waals surface area contributed by atoms with Crippen molar-refractivity contribution in [2.75, 3.05) is 26.2 Å². The fourth-order valence-corrected chi connectivity index (χ4v) is 2.19. The molecule has 0 radical (unpaired) electrons. The maximum absolute atomic E-state index is 12.2. The molecule has 1 unspecified atom stereocenters. The molecule has 5 heteroatoms. The van der Waals surface area contributed by atoms with Crippen LogP contribution in [-0.4, -0.2) is 60.5 Å². The molecule has 0 heterocycles. The van der Waals surface area contributed by atoms with Gasteiger partial charge >= 0.3 is 0 Å². The predicted molar refractivity (Wildman–Crippen MR) is 79.6 cm³/mol. The molecule has 0 N–H and O–H groups in total. The van der Waals surface area contributed by atoms with Crippen molar-refractivity contribution in [1.82, 2.24) is 9.80 Å². The zero-order valence-electron chi connectivity index (χ0n) is 13.0. The maximum atomic E-state index is 12.2. The van der Waals surface area contributed by atoms with Crippen LogP contribution in [0, 0.1) is 0 Å². The topological polar surface area (TPSA) is 57.7 Å². The van der Waals surface area contributed by atoms with Crippen LogP contribution in [0.15, 0.2) is 0 Å². The van der Waals surface area contributed by atoms with Gasteiger partial charge in [0, 0.05) is 19.0 Å². The molecule has 0 aromatic carbocycles.